The number of pyridine rings is 1. The lowest BCUT2D eigenvalue weighted by Gasteiger charge is -2.17. The molecular weight excluding hydrogens is 262 g/mol. The van der Waals surface area contributed by atoms with Gasteiger partial charge in [0.1, 0.15) is 5.69 Å². The Balaban J connectivity index is 1.60. The molecule has 0 atom stereocenters. The number of carbonyl (C=O) groups excluding carboxylic acids is 1. The number of nitrogens with one attached hydrogen (secondary N) is 1. The molecule has 2 aliphatic rings. The van der Waals surface area contributed by atoms with Crippen LogP contribution in [0.2, 0.25) is 0 Å². The molecule has 1 aliphatic heterocycles. The largest absolute Gasteiger partial charge is 0.382 e. The van der Waals surface area contributed by atoms with E-state index in [2.05, 4.69) is 16.4 Å². The predicted octanol–water partition coefficient (Wildman–Crippen LogP) is 2.86. The van der Waals surface area contributed by atoms with Crippen molar-refractivity contribution in [2.45, 2.75) is 25.3 Å². The van der Waals surface area contributed by atoms with Crippen LogP contribution < -0.4 is 10.2 Å². The van der Waals surface area contributed by atoms with Crippen molar-refractivity contribution in [2.24, 2.45) is 0 Å². The highest BCUT2D eigenvalue weighted by Crippen LogP contribution is 2.29. The van der Waals surface area contributed by atoms with Gasteiger partial charge in [-0.1, -0.05) is 18.2 Å². The summed E-state index contributed by atoms with van der Waals surface area (Å²) in [7, 11) is 0. The van der Waals surface area contributed by atoms with Crippen LogP contribution in [-0.4, -0.2) is 23.5 Å². The third kappa shape index (κ3) is 2.37. The van der Waals surface area contributed by atoms with Crippen LogP contribution in [0, 0.1) is 0 Å². The second kappa shape index (κ2) is 4.88. The molecule has 2 heterocycles. The molecule has 1 aliphatic carbocycles. The standard InChI is InChI=1S/C17H17N3O/c21-17(20-10-8-12-3-1-2-4-16(12)20)15-11-14(7-9-18-15)19-13-5-6-13/h1-4,7,9,11,13H,5-6,8,10H2,(H,18,19). The highest BCUT2D eigenvalue weighted by Gasteiger charge is 2.26. The van der Waals surface area contributed by atoms with E-state index >= 15 is 0 Å². The summed E-state index contributed by atoms with van der Waals surface area (Å²) in [5.41, 5.74) is 3.75. The minimum Gasteiger partial charge on any atom is -0.382 e. The summed E-state index contributed by atoms with van der Waals surface area (Å²) < 4.78 is 0. The van der Waals surface area contributed by atoms with E-state index < -0.39 is 0 Å². The maximum Gasteiger partial charge on any atom is 0.276 e. The van der Waals surface area contributed by atoms with Gasteiger partial charge in [0.15, 0.2) is 0 Å². The van der Waals surface area contributed by atoms with Crippen molar-refractivity contribution in [1.29, 1.82) is 0 Å². The summed E-state index contributed by atoms with van der Waals surface area (Å²) in [6.45, 7) is 0.736. The van der Waals surface area contributed by atoms with Crippen molar-refractivity contribution in [3.63, 3.8) is 0 Å². The fourth-order valence-electron chi connectivity index (χ4n) is 2.79. The number of nitrogens with zero attached hydrogens (tertiary/aromatic N) is 2. The zero-order chi connectivity index (χ0) is 14.2. The van der Waals surface area contributed by atoms with Crippen LogP contribution in [0.25, 0.3) is 0 Å². The van der Waals surface area contributed by atoms with Gasteiger partial charge in [-0.25, -0.2) is 0 Å². The Morgan fingerprint density at radius 3 is 2.95 bits per heavy atom. The van der Waals surface area contributed by atoms with Crippen LogP contribution in [0.5, 0.6) is 0 Å². The Morgan fingerprint density at radius 2 is 2.10 bits per heavy atom. The van der Waals surface area contributed by atoms with Gasteiger partial charge in [0, 0.05) is 30.2 Å². The van der Waals surface area contributed by atoms with Gasteiger partial charge >= 0.3 is 0 Å². The number of hydrogen-bond acceptors (Lipinski definition) is 3. The van der Waals surface area contributed by atoms with Crippen LogP contribution in [0.1, 0.15) is 28.9 Å². The van der Waals surface area contributed by atoms with E-state index in [0.717, 1.165) is 24.3 Å². The Bertz CT molecular complexity index is 694. The molecule has 1 fully saturated rings. The fraction of sp³-hybridized carbons (Fsp3) is 0.294. The second-order valence-corrected chi connectivity index (χ2v) is 5.68. The first-order valence-electron chi connectivity index (χ1n) is 7.43. The molecule has 106 valence electrons. The first-order chi connectivity index (χ1) is 10.3. The number of aromatic nitrogens is 1. The SMILES string of the molecule is O=C(c1cc(NC2CC2)ccn1)N1CCc2ccccc21. The molecule has 0 saturated heterocycles. The summed E-state index contributed by atoms with van der Waals surface area (Å²) in [5.74, 6) is -0.0144. The van der Waals surface area contributed by atoms with Crippen LogP contribution in [0.3, 0.4) is 0 Å². The van der Waals surface area contributed by atoms with E-state index in [-0.39, 0.29) is 5.91 Å². The Hall–Kier alpha value is -2.36. The quantitative estimate of drug-likeness (QED) is 0.939. The number of hydrogen-bond donors (Lipinski definition) is 1. The topological polar surface area (TPSA) is 45.2 Å². The van der Waals surface area contributed by atoms with Crippen LogP contribution in [-0.2, 0) is 6.42 Å². The number of carbonyl (C=O) groups is 1. The normalized spacial score (nSPS) is 16.7. The lowest BCUT2D eigenvalue weighted by molar-refractivity contribution is 0.0984. The van der Waals surface area contributed by atoms with Crippen LogP contribution in [0.4, 0.5) is 11.4 Å². The third-order valence-electron chi connectivity index (χ3n) is 4.06. The van der Waals surface area contributed by atoms with Crippen LogP contribution >= 0.6 is 0 Å². The maximum absolute atomic E-state index is 12.7. The van der Waals surface area contributed by atoms with Crippen molar-refractivity contribution < 1.29 is 4.79 Å². The lowest BCUT2D eigenvalue weighted by atomic mass is 10.2. The van der Waals surface area contributed by atoms with Gasteiger partial charge in [-0.3, -0.25) is 9.78 Å². The fourth-order valence-corrected chi connectivity index (χ4v) is 2.79. The average molecular weight is 279 g/mol. The summed E-state index contributed by atoms with van der Waals surface area (Å²) in [6.07, 6.45) is 5.05. The van der Waals surface area contributed by atoms with Gasteiger partial charge in [0.25, 0.3) is 5.91 Å². The third-order valence-corrected chi connectivity index (χ3v) is 4.06. The van der Waals surface area contributed by atoms with Gasteiger partial charge in [-0.05, 0) is 43.0 Å². The smallest absolute Gasteiger partial charge is 0.276 e. The van der Waals surface area contributed by atoms with E-state index in [0.29, 0.717) is 11.7 Å². The number of amides is 1. The monoisotopic (exact) mass is 279 g/mol. The van der Waals surface area contributed by atoms with Crippen molar-refractivity contribution in [1.82, 2.24) is 4.98 Å². The van der Waals surface area contributed by atoms with E-state index in [9.17, 15) is 4.79 Å². The number of anilines is 2. The molecular formula is C17H17N3O. The van der Waals surface area contributed by atoms with Gasteiger partial charge < -0.3 is 10.2 Å². The molecule has 4 rings (SSSR count). The maximum atomic E-state index is 12.7. The number of benzene rings is 1. The highest BCUT2D eigenvalue weighted by atomic mass is 16.2. The van der Waals surface area contributed by atoms with Gasteiger partial charge in [-0.15, -0.1) is 0 Å². The Kier molecular flexibility index (Phi) is 2.88. The summed E-state index contributed by atoms with van der Waals surface area (Å²) >= 11 is 0. The van der Waals surface area contributed by atoms with Crippen molar-refractivity contribution in [2.75, 3.05) is 16.8 Å². The Morgan fingerprint density at radius 1 is 1.24 bits per heavy atom. The predicted molar refractivity (Wildman–Crippen MR) is 82.7 cm³/mol. The van der Waals surface area contributed by atoms with E-state index in [4.69, 9.17) is 0 Å². The molecule has 4 heteroatoms. The number of fused-ring (bicyclic) bond motifs is 1. The van der Waals surface area contributed by atoms with Crippen molar-refractivity contribution in [3.05, 3.63) is 53.9 Å². The molecule has 2 aromatic rings. The number of rotatable bonds is 3. The molecule has 1 aromatic carbocycles. The second-order valence-electron chi connectivity index (χ2n) is 5.68. The van der Waals surface area contributed by atoms with Gasteiger partial charge in [0.2, 0.25) is 0 Å². The summed E-state index contributed by atoms with van der Waals surface area (Å²) in [4.78, 5) is 18.8. The lowest BCUT2D eigenvalue weighted by Crippen LogP contribution is -2.29. The Labute approximate surface area is 123 Å². The molecule has 1 N–H and O–H groups in total. The minimum atomic E-state index is -0.0144. The van der Waals surface area contributed by atoms with Gasteiger partial charge in [0.05, 0.1) is 0 Å². The van der Waals surface area contributed by atoms with Crippen LogP contribution in [0.15, 0.2) is 42.6 Å². The van der Waals surface area contributed by atoms with Crippen molar-refractivity contribution in [3.8, 4) is 0 Å². The van der Waals surface area contributed by atoms with E-state index in [1.54, 1.807) is 6.20 Å². The highest BCUT2D eigenvalue weighted by molar-refractivity contribution is 6.06. The van der Waals surface area contributed by atoms with Gasteiger partial charge in [-0.2, -0.15) is 0 Å². The first-order valence-corrected chi connectivity index (χ1v) is 7.43. The molecule has 0 unspecified atom stereocenters. The molecule has 1 aromatic heterocycles. The molecule has 21 heavy (non-hydrogen) atoms. The minimum absolute atomic E-state index is 0.0144. The van der Waals surface area contributed by atoms with Crippen molar-refractivity contribution >= 4 is 17.3 Å². The van der Waals surface area contributed by atoms with E-state index in [1.165, 1.54) is 18.4 Å². The molecule has 1 amide bonds. The zero-order valence-electron chi connectivity index (χ0n) is 11.7. The first kappa shape index (κ1) is 12.4. The molecule has 1 saturated carbocycles. The summed E-state index contributed by atoms with van der Waals surface area (Å²) in [6, 6.07) is 12.4. The molecule has 4 nitrogen and oxygen atoms in total. The molecule has 0 spiro atoms. The number of para-hydroxylation sites is 1. The average Bonchev–Trinajstić information content (AvgIpc) is 3.23. The molecule has 0 radical (unpaired) electrons. The summed E-state index contributed by atoms with van der Waals surface area (Å²) in [5, 5.41) is 3.41. The zero-order valence-corrected chi connectivity index (χ0v) is 11.7. The molecule has 0 bridgehead atoms. The van der Waals surface area contributed by atoms with E-state index in [1.807, 2.05) is 35.2 Å².